The van der Waals surface area contributed by atoms with Gasteiger partial charge in [-0.05, 0) is 30.7 Å². The number of carbonyl (C=O) groups excluding carboxylic acids is 2. The lowest BCUT2D eigenvalue weighted by molar-refractivity contribution is -0.121. The molecular weight excluding hydrogens is 368 g/mol. The van der Waals surface area contributed by atoms with E-state index in [9.17, 15) is 9.59 Å². The van der Waals surface area contributed by atoms with E-state index in [1.165, 1.54) is 0 Å². The van der Waals surface area contributed by atoms with E-state index in [4.69, 9.17) is 9.47 Å². The third-order valence-electron chi connectivity index (χ3n) is 5.25. The summed E-state index contributed by atoms with van der Waals surface area (Å²) >= 11 is 0. The molecule has 4 rings (SSSR count). The summed E-state index contributed by atoms with van der Waals surface area (Å²) in [5.74, 6) is 1.21. The van der Waals surface area contributed by atoms with Crippen molar-refractivity contribution in [3.8, 4) is 11.5 Å². The maximum atomic E-state index is 12.5. The lowest BCUT2D eigenvalue weighted by Crippen LogP contribution is -2.32. The van der Waals surface area contributed by atoms with Gasteiger partial charge in [0.15, 0.2) is 11.5 Å². The molecule has 2 heterocycles. The molecule has 2 aromatic carbocycles. The van der Waals surface area contributed by atoms with Gasteiger partial charge in [-0.15, -0.1) is 0 Å². The molecule has 6 heteroatoms. The summed E-state index contributed by atoms with van der Waals surface area (Å²) in [6.07, 6.45) is 1.05. The van der Waals surface area contributed by atoms with Crippen LogP contribution < -0.4 is 14.8 Å². The first-order valence-corrected chi connectivity index (χ1v) is 9.83. The van der Waals surface area contributed by atoms with E-state index in [1.54, 1.807) is 11.0 Å². The van der Waals surface area contributed by atoms with Crippen LogP contribution in [0, 0.1) is 0 Å². The number of fused-ring (bicyclic) bond motifs is 2. The normalized spacial score (nSPS) is 16.2. The molecule has 0 radical (unpaired) electrons. The van der Waals surface area contributed by atoms with Gasteiger partial charge in [0, 0.05) is 36.2 Å². The van der Waals surface area contributed by atoms with Crippen LogP contribution in [0.15, 0.2) is 49.0 Å². The SMILES string of the molecule is C=C1c2ccccc2C(=O)N1CCC(=O)NC(C)c1ccc2c(c1)OCCCO2. The van der Waals surface area contributed by atoms with Crippen molar-refractivity contribution in [1.82, 2.24) is 10.2 Å². The van der Waals surface area contributed by atoms with Gasteiger partial charge in [-0.3, -0.25) is 9.59 Å². The standard InChI is InChI=1S/C23H24N2O4/c1-15(17-8-9-20-21(14-17)29-13-5-12-28-20)24-22(26)10-11-25-16(2)18-6-3-4-7-19(18)23(25)27/h3-4,6-9,14-15H,2,5,10-13H2,1H3,(H,24,26). The van der Waals surface area contributed by atoms with Gasteiger partial charge >= 0.3 is 0 Å². The van der Waals surface area contributed by atoms with Crippen LogP contribution >= 0.6 is 0 Å². The Balaban J connectivity index is 1.35. The molecule has 0 saturated heterocycles. The number of benzene rings is 2. The Hall–Kier alpha value is -3.28. The van der Waals surface area contributed by atoms with Crippen LogP contribution in [0.4, 0.5) is 0 Å². The third kappa shape index (κ3) is 3.83. The van der Waals surface area contributed by atoms with E-state index in [2.05, 4.69) is 11.9 Å². The molecule has 2 aliphatic heterocycles. The number of rotatable bonds is 5. The smallest absolute Gasteiger partial charge is 0.258 e. The number of hydrogen-bond donors (Lipinski definition) is 1. The predicted molar refractivity (Wildman–Crippen MR) is 110 cm³/mol. The number of nitrogens with zero attached hydrogens (tertiary/aromatic N) is 1. The number of amides is 2. The highest BCUT2D eigenvalue weighted by atomic mass is 16.5. The minimum absolute atomic E-state index is 0.102. The van der Waals surface area contributed by atoms with Crippen molar-refractivity contribution in [3.63, 3.8) is 0 Å². The average Bonchev–Trinajstić information content (AvgIpc) is 2.88. The molecule has 0 bridgehead atoms. The topological polar surface area (TPSA) is 67.9 Å². The summed E-state index contributed by atoms with van der Waals surface area (Å²) in [5.41, 5.74) is 3.06. The first kappa shape index (κ1) is 19.1. The Morgan fingerprint density at radius 1 is 1.14 bits per heavy atom. The average molecular weight is 392 g/mol. The van der Waals surface area contributed by atoms with Crippen molar-refractivity contribution in [3.05, 3.63) is 65.7 Å². The van der Waals surface area contributed by atoms with Crippen LogP contribution in [0.3, 0.4) is 0 Å². The van der Waals surface area contributed by atoms with E-state index < -0.39 is 0 Å². The summed E-state index contributed by atoms with van der Waals surface area (Å²) < 4.78 is 11.4. The first-order valence-electron chi connectivity index (χ1n) is 9.83. The summed E-state index contributed by atoms with van der Waals surface area (Å²) in [6.45, 7) is 7.49. The summed E-state index contributed by atoms with van der Waals surface area (Å²) in [6, 6.07) is 12.9. The third-order valence-corrected chi connectivity index (χ3v) is 5.25. The van der Waals surface area contributed by atoms with Gasteiger partial charge in [0.25, 0.3) is 5.91 Å². The van der Waals surface area contributed by atoms with Crippen molar-refractivity contribution in [1.29, 1.82) is 0 Å². The van der Waals surface area contributed by atoms with E-state index in [-0.39, 0.29) is 24.3 Å². The Morgan fingerprint density at radius 3 is 2.62 bits per heavy atom. The quantitative estimate of drug-likeness (QED) is 0.845. The molecule has 0 saturated carbocycles. The monoisotopic (exact) mass is 392 g/mol. The van der Waals surface area contributed by atoms with Crippen molar-refractivity contribution >= 4 is 17.5 Å². The van der Waals surface area contributed by atoms with Crippen molar-refractivity contribution < 1.29 is 19.1 Å². The Labute approximate surface area is 170 Å². The van der Waals surface area contributed by atoms with Gasteiger partial charge in [-0.25, -0.2) is 0 Å². The number of carbonyl (C=O) groups is 2. The zero-order valence-electron chi connectivity index (χ0n) is 16.4. The Morgan fingerprint density at radius 2 is 1.86 bits per heavy atom. The van der Waals surface area contributed by atoms with E-state index in [0.29, 0.717) is 36.8 Å². The summed E-state index contributed by atoms with van der Waals surface area (Å²) in [7, 11) is 0. The van der Waals surface area contributed by atoms with E-state index in [0.717, 1.165) is 23.3 Å². The van der Waals surface area contributed by atoms with Crippen molar-refractivity contribution in [2.45, 2.75) is 25.8 Å². The maximum Gasteiger partial charge on any atom is 0.258 e. The molecule has 2 aromatic rings. The number of nitrogens with one attached hydrogen (secondary N) is 1. The molecule has 1 atom stereocenters. The highest BCUT2D eigenvalue weighted by Gasteiger charge is 2.30. The number of hydrogen-bond acceptors (Lipinski definition) is 4. The van der Waals surface area contributed by atoms with Gasteiger partial charge in [-0.1, -0.05) is 30.8 Å². The second-order valence-corrected chi connectivity index (χ2v) is 7.24. The molecule has 0 aliphatic carbocycles. The van der Waals surface area contributed by atoms with Crippen LogP contribution in [0.2, 0.25) is 0 Å². The van der Waals surface area contributed by atoms with Crippen LogP contribution in [0.5, 0.6) is 11.5 Å². The van der Waals surface area contributed by atoms with E-state index in [1.807, 2.05) is 43.3 Å². The summed E-state index contributed by atoms with van der Waals surface area (Å²) in [5, 5.41) is 2.99. The van der Waals surface area contributed by atoms with Gasteiger partial charge in [0.05, 0.1) is 19.3 Å². The van der Waals surface area contributed by atoms with Gasteiger partial charge < -0.3 is 19.7 Å². The lowest BCUT2D eigenvalue weighted by atomic mass is 10.1. The van der Waals surface area contributed by atoms with Crippen LogP contribution in [0.25, 0.3) is 5.70 Å². The van der Waals surface area contributed by atoms with Gasteiger partial charge in [0.2, 0.25) is 5.91 Å². The molecule has 150 valence electrons. The van der Waals surface area contributed by atoms with E-state index >= 15 is 0 Å². The van der Waals surface area contributed by atoms with Gasteiger partial charge in [0.1, 0.15) is 0 Å². The van der Waals surface area contributed by atoms with Crippen molar-refractivity contribution in [2.24, 2.45) is 0 Å². The maximum absolute atomic E-state index is 12.5. The number of ether oxygens (including phenoxy) is 2. The predicted octanol–water partition coefficient (Wildman–Crippen LogP) is 3.54. The fraction of sp³-hybridized carbons (Fsp3) is 0.304. The molecule has 29 heavy (non-hydrogen) atoms. The highest BCUT2D eigenvalue weighted by Crippen LogP contribution is 2.33. The lowest BCUT2D eigenvalue weighted by Gasteiger charge is -2.19. The fourth-order valence-corrected chi connectivity index (χ4v) is 3.63. The molecule has 0 fully saturated rings. The molecule has 0 aromatic heterocycles. The zero-order chi connectivity index (χ0) is 20.4. The zero-order valence-corrected chi connectivity index (χ0v) is 16.4. The fourth-order valence-electron chi connectivity index (χ4n) is 3.63. The highest BCUT2D eigenvalue weighted by molar-refractivity contribution is 6.08. The largest absolute Gasteiger partial charge is 0.490 e. The molecule has 2 aliphatic rings. The van der Waals surface area contributed by atoms with Gasteiger partial charge in [-0.2, -0.15) is 0 Å². The van der Waals surface area contributed by atoms with Crippen LogP contribution in [0.1, 0.15) is 47.3 Å². The molecule has 2 amide bonds. The second-order valence-electron chi connectivity index (χ2n) is 7.24. The minimum atomic E-state index is -0.186. The molecule has 1 N–H and O–H groups in total. The molecule has 1 unspecified atom stereocenters. The molecule has 6 nitrogen and oxygen atoms in total. The Bertz CT molecular complexity index is 934. The Kier molecular flexibility index (Phi) is 5.25. The minimum Gasteiger partial charge on any atom is -0.490 e. The van der Waals surface area contributed by atoms with Crippen LogP contribution in [-0.4, -0.2) is 36.5 Å². The molecule has 0 spiro atoms. The second kappa shape index (κ2) is 7.99. The van der Waals surface area contributed by atoms with Crippen LogP contribution in [-0.2, 0) is 4.79 Å². The first-order chi connectivity index (χ1) is 14.0. The summed E-state index contributed by atoms with van der Waals surface area (Å²) in [4.78, 5) is 26.6. The molecular formula is C23H24N2O4. The van der Waals surface area contributed by atoms with Crippen molar-refractivity contribution in [2.75, 3.05) is 19.8 Å².